The second kappa shape index (κ2) is 2.17. The minimum absolute atomic E-state index is 0.00414. The van der Waals surface area contributed by atoms with Gasteiger partial charge in [-0.25, -0.2) is 0 Å². The SMILES string of the molecule is O=S(=O)(F)[C@@H]1C[C@H]2CC[C@H]1O2. The largest absolute Gasteiger partial charge is 0.373 e. The summed E-state index contributed by atoms with van der Waals surface area (Å²) in [6, 6.07) is 0. The molecule has 0 aromatic heterocycles. The van der Waals surface area contributed by atoms with Crippen LogP contribution in [0.3, 0.4) is 0 Å². The Morgan fingerprint density at radius 1 is 1.36 bits per heavy atom. The number of fused-ring (bicyclic) bond motifs is 2. The van der Waals surface area contributed by atoms with Gasteiger partial charge in [-0.1, -0.05) is 0 Å². The lowest BCUT2D eigenvalue weighted by atomic mass is 10.0. The molecule has 3 atom stereocenters. The van der Waals surface area contributed by atoms with E-state index in [0.717, 1.165) is 6.42 Å². The normalized spacial score (nSPS) is 43.2. The molecule has 0 aromatic rings. The monoisotopic (exact) mass is 180 g/mol. The molecule has 0 spiro atoms. The molecule has 0 radical (unpaired) electrons. The number of hydrogen-bond acceptors (Lipinski definition) is 3. The number of rotatable bonds is 1. The Bertz CT molecular complexity index is 261. The van der Waals surface area contributed by atoms with Gasteiger partial charge in [0, 0.05) is 0 Å². The molecule has 3 nitrogen and oxygen atoms in total. The number of ether oxygens (including phenoxy) is 1. The molecule has 5 heteroatoms. The van der Waals surface area contributed by atoms with E-state index in [1.807, 2.05) is 0 Å². The topological polar surface area (TPSA) is 43.4 Å². The van der Waals surface area contributed by atoms with E-state index in [-0.39, 0.29) is 12.2 Å². The van der Waals surface area contributed by atoms with Crippen LogP contribution in [0.1, 0.15) is 19.3 Å². The van der Waals surface area contributed by atoms with Crippen LogP contribution in [0.25, 0.3) is 0 Å². The van der Waals surface area contributed by atoms with Crippen LogP contribution in [0.5, 0.6) is 0 Å². The Morgan fingerprint density at radius 2 is 2.09 bits per heavy atom. The molecular formula is C6H9FO3S. The van der Waals surface area contributed by atoms with Crippen molar-refractivity contribution in [3.8, 4) is 0 Å². The van der Waals surface area contributed by atoms with Crippen LogP contribution in [0.4, 0.5) is 3.89 Å². The molecule has 2 saturated heterocycles. The highest BCUT2D eigenvalue weighted by Crippen LogP contribution is 2.38. The van der Waals surface area contributed by atoms with Crippen LogP contribution in [0, 0.1) is 0 Å². The molecule has 0 aromatic carbocycles. The fraction of sp³-hybridized carbons (Fsp3) is 1.00. The van der Waals surface area contributed by atoms with Crippen LogP contribution in [-0.4, -0.2) is 25.9 Å². The van der Waals surface area contributed by atoms with Crippen LogP contribution >= 0.6 is 0 Å². The van der Waals surface area contributed by atoms with Gasteiger partial charge in [0.25, 0.3) is 0 Å². The van der Waals surface area contributed by atoms with E-state index in [2.05, 4.69) is 0 Å². The van der Waals surface area contributed by atoms with E-state index < -0.39 is 15.5 Å². The highest BCUT2D eigenvalue weighted by Gasteiger charge is 2.47. The van der Waals surface area contributed by atoms with E-state index in [1.165, 1.54) is 0 Å². The summed E-state index contributed by atoms with van der Waals surface area (Å²) in [5.41, 5.74) is 0. The maximum Gasteiger partial charge on any atom is 0.307 e. The fourth-order valence-electron chi connectivity index (χ4n) is 1.89. The summed E-state index contributed by atoms with van der Waals surface area (Å²) in [7, 11) is -4.36. The first-order chi connectivity index (χ1) is 5.07. The molecule has 2 aliphatic rings. The average Bonchev–Trinajstić information content (AvgIpc) is 2.42. The summed E-state index contributed by atoms with van der Waals surface area (Å²) in [5, 5.41) is -0.874. The Hall–Kier alpha value is -0.160. The summed E-state index contributed by atoms with van der Waals surface area (Å²) >= 11 is 0. The zero-order valence-corrected chi connectivity index (χ0v) is 6.68. The molecular weight excluding hydrogens is 171 g/mol. The summed E-state index contributed by atoms with van der Waals surface area (Å²) in [5.74, 6) is 0. The second-order valence-electron chi connectivity index (χ2n) is 3.12. The molecule has 0 aliphatic carbocycles. The molecule has 0 amide bonds. The minimum atomic E-state index is -4.36. The molecule has 2 aliphatic heterocycles. The highest BCUT2D eigenvalue weighted by molar-refractivity contribution is 7.87. The Kier molecular flexibility index (Phi) is 1.47. The predicted molar refractivity (Wildman–Crippen MR) is 36.3 cm³/mol. The molecule has 0 saturated carbocycles. The molecule has 0 N–H and O–H groups in total. The van der Waals surface area contributed by atoms with E-state index in [0.29, 0.717) is 12.8 Å². The van der Waals surface area contributed by atoms with Crippen molar-refractivity contribution in [3.05, 3.63) is 0 Å². The minimum Gasteiger partial charge on any atom is -0.373 e. The van der Waals surface area contributed by atoms with E-state index in [9.17, 15) is 12.3 Å². The predicted octanol–water partition coefficient (Wildman–Crippen LogP) is 0.606. The van der Waals surface area contributed by atoms with Gasteiger partial charge in [0.2, 0.25) is 0 Å². The van der Waals surface area contributed by atoms with Gasteiger partial charge < -0.3 is 4.74 Å². The van der Waals surface area contributed by atoms with Gasteiger partial charge in [0.05, 0.1) is 12.2 Å². The van der Waals surface area contributed by atoms with Crippen molar-refractivity contribution in [1.29, 1.82) is 0 Å². The van der Waals surface area contributed by atoms with Gasteiger partial charge in [-0.3, -0.25) is 0 Å². The summed E-state index contributed by atoms with van der Waals surface area (Å²) in [6.45, 7) is 0. The van der Waals surface area contributed by atoms with Gasteiger partial charge in [-0.2, -0.15) is 8.42 Å². The number of halogens is 1. The molecule has 2 bridgehead atoms. The van der Waals surface area contributed by atoms with Crippen molar-refractivity contribution in [2.75, 3.05) is 0 Å². The Balaban J connectivity index is 2.21. The van der Waals surface area contributed by atoms with Crippen LogP contribution in [0.15, 0.2) is 0 Å². The molecule has 0 unspecified atom stereocenters. The molecule has 2 fully saturated rings. The van der Waals surface area contributed by atoms with Gasteiger partial charge in [-0.05, 0) is 19.3 Å². The molecule has 2 rings (SSSR count). The zero-order valence-electron chi connectivity index (χ0n) is 5.86. The van der Waals surface area contributed by atoms with Crippen LogP contribution in [0.2, 0.25) is 0 Å². The summed E-state index contributed by atoms with van der Waals surface area (Å²) < 4.78 is 38.6. The first kappa shape index (κ1) is 7.49. The molecule has 2 heterocycles. The Morgan fingerprint density at radius 3 is 2.36 bits per heavy atom. The lowest BCUT2D eigenvalue weighted by Crippen LogP contribution is -2.28. The van der Waals surface area contributed by atoms with E-state index >= 15 is 0 Å². The van der Waals surface area contributed by atoms with Crippen molar-refractivity contribution in [1.82, 2.24) is 0 Å². The summed E-state index contributed by atoms with van der Waals surface area (Å²) in [4.78, 5) is 0. The van der Waals surface area contributed by atoms with Crippen molar-refractivity contribution in [3.63, 3.8) is 0 Å². The van der Waals surface area contributed by atoms with Crippen molar-refractivity contribution >= 4 is 10.2 Å². The smallest absolute Gasteiger partial charge is 0.307 e. The zero-order chi connectivity index (χ0) is 8.06. The van der Waals surface area contributed by atoms with Crippen molar-refractivity contribution in [2.45, 2.75) is 36.7 Å². The summed E-state index contributed by atoms with van der Waals surface area (Å²) in [6.07, 6.45) is 1.56. The van der Waals surface area contributed by atoms with Gasteiger partial charge in [0.15, 0.2) is 0 Å². The third kappa shape index (κ3) is 1.16. The third-order valence-electron chi connectivity index (χ3n) is 2.41. The maximum atomic E-state index is 12.4. The average molecular weight is 180 g/mol. The first-order valence-corrected chi connectivity index (χ1v) is 5.11. The van der Waals surface area contributed by atoms with Crippen LogP contribution in [-0.2, 0) is 15.0 Å². The third-order valence-corrected chi connectivity index (χ3v) is 3.63. The Labute approximate surface area is 64.8 Å². The molecule has 11 heavy (non-hydrogen) atoms. The van der Waals surface area contributed by atoms with E-state index in [4.69, 9.17) is 4.74 Å². The van der Waals surface area contributed by atoms with Gasteiger partial charge in [0.1, 0.15) is 5.25 Å². The van der Waals surface area contributed by atoms with Crippen LogP contribution < -0.4 is 0 Å². The first-order valence-electron chi connectivity index (χ1n) is 3.66. The van der Waals surface area contributed by atoms with Crippen molar-refractivity contribution < 1.29 is 17.0 Å². The van der Waals surface area contributed by atoms with E-state index in [1.54, 1.807) is 0 Å². The standard InChI is InChI=1S/C6H9FO3S/c7-11(8,9)6-3-4-1-2-5(6)10-4/h4-6H,1-3H2/t4-,5-,6-/m1/s1. The lowest BCUT2D eigenvalue weighted by molar-refractivity contribution is 0.105. The van der Waals surface area contributed by atoms with Gasteiger partial charge in [-0.15, -0.1) is 3.89 Å². The van der Waals surface area contributed by atoms with Gasteiger partial charge >= 0.3 is 10.2 Å². The fourth-order valence-corrected chi connectivity index (χ4v) is 2.89. The number of hydrogen-bond donors (Lipinski definition) is 0. The highest BCUT2D eigenvalue weighted by atomic mass is 32.3. The quantitative estimate of drug-likeness (QED) is 0.555. The maximum absolute atomic E-state index is 12.4. The second-order valence-corrected chi connectivity index (χ2v) is 4.68. The molecule has 64 valence electrons. The van der Waals surface area contributed by atoms with Crippen molar-refractivity contribution in [2.24, 2.45) is 0 Å². The lowest BCUT2D eigenvalue weighted by Gasteiger charge is -2.12.